The molecule has 0 saturated carbocycles. The van der Waals surface area contributed by atoms with Gasteiger partial charge in [-0.1, -0.05) is 0 Å². The van der Waals surface area contributed by atoms with Gasteiger partial charge in [0.15, 0.2) is 0 Å². The van der Waals surface area contributed by atoms with Crippen molar-refractivity contribution in [2.45, 2.75) is 39.7 Å². The van der Waals surface area contributed by atoms with E-state index < -0.39 is 0 Å². The van der Waals surface area contributed by atoms with Crippen molar-refractivity contribution >= 4 is 23.5 Å². The Balaban J connectivity index is 1.32. The van der Waals surface area contributed by atoms with Crippen molar-refractivity contribution in [2.24, 2.45) is 0 Å². The summed E-state index contributed by atoms with van der Waals surface area (Å²) in [4.78, 5) is 39.4. The van der Waals surface area contributed by atoms with Crippen LogP contribution in [0.2, 0.25) is 0 Å². The molecule has 0 unspecified atom stereocenters. The van der Waals surface area contributed by atoms with Gasteiger partial charge in [0, 0.05) is 50.0 Å². The number of pyridine rings is 1. The first kappa shape index (κ1) is 19.7. The zero-order valence-electron chi connectivity index (χ0n) is 17.0. The van der Waals surface area contributed by atoms with Crippen molar-refractivity contribution in [2.75, 3.05) is 16.8 Å². The van der Waals surface area contributed by atoms with Gasteiger partial charge in [-0.25, -0.2) is 9.67 Å². The van der Waals surface area contributed by atoms with Gasteiger partial charge in [0.05, 0.1) is 23.3 Å². The molecule has 4 heterocycles. The summed E-state index contributed by atoms with van der Waals surface area (Å²) in [7, 11) is 0. The van der Waals surface area contributed by atoms with Gasteiger partial charge in [0.25, 0.3) is 0 Å². The van der Waals surface area contributed by atoms with Crippen LogP contribution in [0.4, 0.5) is 11.6 Å². The standard InChI is InChI=1S/C21H23N7O2/c1-14-10-20-27(8-3-9-28(20)26-14)21(30)7-6-19(29)25-18-5-4-16(12-24-18)17-13-22-15(2)11-23-17/h4-5,10-13H,3,6-9H2,1-2H3,(H,24,25,29). The summed E-state index contributed by atoms with van der Waals surface area (Å²) in [5, 5.41) is 7.13. The van der Waals surface area contributed by atoms with Gasteiger partial charge in [-0.2, -0.15) is 5.10 Å². The molecule has 0 fully saturated rings. The SMILES string of the molecule is Cc1cnc(-c2ccc(NC(=O)CCC(=O)N3CCCn4nc(C)cc43)nc2)cn1. The number of fused-ring (bicyclic) bond motifs is 1. The summed E-state index contributed by atoms with van der Waals surface area (Å²) in [6, 6.07) is 5.44. The van der Waals surface area contributed by atoms with Crippen LogP contribution in [-0.4, -0.2) is 43.1 Å². The summed E-state index contributed by atoms with van der Waals surface area (Å²) in [6.45, 7) is 5.24. The van der Waals surface area contributed by atoms with Crippen molar-refractivity contribution in [3.05, 3.63) is 48.2 Å². The predicted octanol–water partition coefficient (Wildman–Crippen LogP) is 2.51. The Bertz CT molecular complexity index is 1060. The molecule has 1 N–H and O–H groups in total. The van der Waals surface area contributed by atoms with Crippen molar-refractivity contribution < 1.29 is 9.59 Å². The van der Waals surface area contributed by atoms with E-state index in [9.17, 15) is 9.59 Å². The van der Waals surface area contributed by atoms with Gasteiger partial charge in [-0.3, -0.25) is 24.5 Å². The molecule has 1 aliphatic rings. The number of carbonyl (C=O) groups excluding carboxylic acids is 2. The normalized spacial score (nSPS) is 13.1. The number of carbonyl (C=O) groups is 2. The molecule has 0 radical (unpaired) electrons. The number of nitrogens with zero attached hydrogens (tertiary/aromatic N) is 6. The fourth-order valence-electron chi connectivity index (χ4n) is 3.38. The zero-order valence-corrected chi connectivity index (χ0v) is 17.0. The minimum Gasteiger partial charge on any atom is -0.311 e. The molecule has 154 valence electrons. The molecule has 1 aliphatic heterocycles. The lowest BCUT2D eigenvalue weighted by atomic mass is 10.2. The molecule has 3 aromatic rings. The van der Waals surface area contributed by atoms with Crippen LogP contribution in [0.15, 0.2) is 36.8 Å². The zero-order chi connectivity index (χ0) is 21.1. The van der Waals surface area contributed by atoms with Crippen LogP contribution < -0.4 is 10.2 Å². The van der Waals surface area contributed by atoms with E-state index in [0.717, 1.165) is 35.7 Å². The number of aryl methyl sites for hydroxylation is 3. The summed E-state index contributed by atoms with van der Waals surface area (Å²) in [6.07, 6.45) is 6.09. The van der Waals surface area contributed by atoms with Gasteiger partial charge >= 0.3 is 0 Å². The Labute approximate surface area is 174 Å². The van der Waals surface area contributed by atoms with E-state index in [0.29, 0.717) is 18.1 Å². The highest BCUT2D eigenvalue weighted by Crippen LogP contribution is 2.23. The molecule has 0 aromatic carbocycles. The lowest BCUT2D eigenvalue weighted by Gasteiger charge is -2.27. The smallest absolute Gasteiger partial charge is 0.228 e. The molecule has 0 atom stereocenters. The second kappa shape index (κ2) is 8.40. The first-order valence-electron chi connectivity index (χ1n) is 9.89. The van der Waals surface area contributed by atoms with Crippen LogP contribution in [0.5, 0.6) is 0 Å². The summed E-state index contributed by atoms with van der Waals surface area (Å²) in [5.41, 5.74) is 3.25. The molecular formula is C21H23N7O2. The van der Waals surface area contributed by atoms with E-state index in [1.807, 2.05) is 30.7 Å². The third-order valence-corrected chi connectivity index (χ3v) is 4.88. The molecule has 3 aromatic heterocycles. The summed E-state index contributed by atoms with van der Waals surface area (Å²) in [5.74, 6) is 0.913. The lowest BCUT2D eigenvalue weighted by Crippen LogP contribution is -2.37. The third kappa shape index (κ3) is 4.35. The van der Waals surface area contributed by atoms with Crippen molar-refractivity contribution in [3.63, 3.8) is 0 Å². The van der Waals surface area contributed by atoms with Gasteiger partial charge < -0.3 is 5.32 Å². The molecule has 9 heteroatoms. The maximum atomic E-state index is 12.6. The number of nitrogens with one attached hydrogen (secondary N) is 1. The van der Waals surface area contributed by atoms with Gasteiger partial charge in [0.1, 0.15) is 11.6 Å². The summed E-state index contributed by atoms with van der Waals surface area (Å²) < 4.78 is 1.85. The fourth-order valence-corrected chi connectivity index (χ4v) is 3.38. The Hall–Kier alpha value is -3.62. The van der Waals surface area contributed by atoms with Crippen molar-refractivity contribution in [1.82, 2.24) is 24.7 Å². The first-order chi connectivity index (χ1) is 14.5. The Kier molecular flexibility index (Phi) is 5.51. The second-order valence-corrected chi connectivity index (χ2v) is 7.29. The van der Waals surface area contributed by atoms with E-state index in [1.54, 1.807) is 29.6 Å². The van der Waals surface area contributed by atoms with Crippen LogP contribution in [0.3, 0.4) is 0 Å². The van der Waals surface area contributed by atoms with Crippen LogP contribution in [0.1, 0.15) is 30.7 Å². The van der Waals surface area contributed by atoms with E-state index >= 15 is 0 Å². The molecular weight excluding hydrogens is 382 g/mol. The minimum absolute atomic E-state index is 0.0766. The largest absolute Gasteiger partial charge is 0.311 e. The topological polar surface area (TPSA) is 106 Å². The van der Waals surface area contributed by atoms with Crippen molar-refractivity contribution in [1.29, 1.82) is 0 Å². The second-order valence-electron chi connectivity index (χ2n) is 7.29. The van der Waals surface area contributed by atoms with Crippen LogP contribution in [0, 0.1) is 13.8 Å². The highest BCUT2D eigenvalue weighted by atomic mass is 16.2. The van der Waals surface area contributed by atoms with Gasteiger partial charge in [0.2, 0.25) is 11.8 Å². The monoisotopic (exact) mass is 405 g/mol. The van der Waals surface area contributed by atoms with Crippen LogP contribution >= 0.6 is 0 Å². The third-order valence-electron chi connectivity index (χ3n) is 4.88. The molecule has 30 heavy (non-hydrogen) atoms. The Morgan fingerprint density at radius 3 is 2.60 bits per heavy atom. The predicted molar refractivity (Wildman–Crippen MR) is 112 cm³/mol. The average Bonchev–Trinajstić information content (AvgIpc) is 3.13. The molecule has 2 amide bonds. The van der Waals surface area contributed by atoms with E-state index in [1.165, 1.54) is 0 Å². The number of hydrogen-bond acceptors (Lipinski definition) is 6. The van der Waals surface area contributed by atoms with Crippen LogP contribution in [0.25, 0.3) is 11.3 Å². The number of hydrogen-bond donors (Lipinski definition) is 1. The van der Waals surface area contributed by atoms with E-state index in [4.69, 9.17) is 0 Å². The minimum atomic E-state index is -0.250. The van der Waals surface area contributed by atoms with Gasteiger partial charge in [-0.05, 0) is 32.4 Å². The molecule has 0 saturated heterocycles. The highest BCUT2D eigenvalue weighted by molar-refractivity contribution is 5.97. The quantitative estimate of drug-likeness (QED) is 0.699. The molecule has 0 bridgehead atoms. The average molecular weight is 405 g/mol. The highest BCUT2D eigenvalue weighted by Gasteiger charge is 2.24. The van der Waals surface area contributed by atoms with E-state index in [2.05, 4.69) is 25.4 Å². The Morgan fingerprint density at radius 2 is 1.87 bits per heavy atom. The Morgan fingerprint density at radius 1 is 1.00 bits per heavy atom. The van der Waals surface area contributed by atoms with E-state index in [-0.39, 0.29) is 24.7 Å². The molecule has 9 nitrogen and oxygen atoms in total. The molecule has 0 aliphatic carbocycles. The summed E-state index contributed by atoms with van der Waals surface area (Å²) >= 11 is 0. The fraction of sp³-hybridized carbons (Fsp3) is 0.333. The first-order valence-corrected chi connectivity index (χ1v) is 9.89. The van der Waals surface area contributed by atoms with Gasteiger partial charge in [-0.15, -0.1) is 0 Å². The molecule has 0 spiro atoms. The number of aromatic nitrogens is 5. The number of anilines is 2. The molecule has 4 rings (SSSR count). The van der Waals surface area contributed by atoms with Crippen LogP contribution in [-0.2, 0) is 16.1 Å². The number of rotatable bonds is 5. The van der Waals surface area contributed by atoms with Crippen molar-refractivity contribution in [3.8, 4) is 11.3 Å². The number of amides is 2. The maximum Gasteiger partial charge on any atom is 0.228 e. The maximum absolute atomic E-state index is 12.6. The lowest BCUT2D eigenvalue weighted by molar-refractivity contribution is -0.122.